The van der Waals surface area contributed by atoms with Crippen LogP contribution in [-0.4, -0.2) is 24.7 Å². The van der Waals surface area contributed by atoms with Gasteiger partial charge in [-0.25, -0.2) is 0 Å². The number of aryl methyl sites for hydroxylation is 1. The van der Waals surface area contributed by atoms with Gasteiger partial charge in [0.25, 0.3) is 0 Å². The maximum absolute atomic E-state index is 11.6. The molecule has 0 fully saturated rings. The third-order valence-electron chi connectivity index (χ3n) is 3.02. The molecule has 0 saturated carbocycles. The molecule has 1 N–H and O–H groups in total. The smallest absolute Gasteiger partial charge is 0.310 e. The van der Waals surface area contributed by atoms with Gasteiger partial charge in [0.2, 0.25) is 0 Å². The van der Waals surface area contributed by atoms with Gasteiger partial charge in [0.05, 0.1) is 25.2 Å². The normalized spacial score (nSPS) is 10.7. The average Bonchev–Trinajstić information content (AvgIpc) is 2.64. The number of rotatable bonds is 4. The molecule has 0 aliphatic rings. The van der Waals surface area contributed by atoms with Crippen LogP contribution in [0.4, 0.5) is 0 Å². The highest BCUT2D eigenvalue weighted by Gasteiger charge is 2.15. The van der Waals surface area contributed by atoms with Crippen molar-refractivity contribution in [2.24, 2.45) is 0 Å². The average molecular weight is 282 g/mol. The number of benzene rings is 1. The zero-order chi connectivity index (χ0) is 14.0. The van der Waals surface area contributed by atoms with Gasteiger partial charge < -0.3 is 14.5 Å². The van der Waals surface area contributed by atoms with Crippen molar-refractivity contribution in [1.82, 2.24) is 4.98 Å². The number of fused-ring (bicyclic) bond motifs is 1. The maximum atomic E-state index is 11.6. The summed E-state index contributed by atoms with van der Waals surface area (Å²) in [5, 5.41) is 1.48. The van der Waals surface area contributed by atoms with E-state index in [0.29, 0.717) is 17.4 Å². The van der Waals surface area contributed by atoms with Crippen LogP contribution in [-0.2, 0) is 16.0 Å². The standard InChI is InChI=1S/C14H16ClNO3/c1-4-19-14(17)6-9-8(2)16-12-7-11(15)13(18-3)5-10(9)12/h5,7,16H,4,6H2,1-3H3. The Balaban J connectivity index is 2.48. The first-order valence-corrected chi connectivity index (χ1v) is 6.45. The molecule has 19 heavy (non-hydrogen) atoms. The van der Waals surface area contributed by atoms with Crippen molar-refractivity contribution < 1.29 is 14.3 Å². The number of carbonyl (C=O) groups is 1. The van der Waals surface area contributed by atoms with Gasteiger partial charge in [-0.1, -0.05) is 11.6 Å². The highest BCUT2D eigenvalue weighted by molar-refractivity contribution is 6.32. The monoisotopic (exact) mass is 281 g/mol. The maximum Gasteiger partial charge on any atom is 0.310 e. The first-order chi connectivity index (χ1) is 9.06. The van der Waals surface area contributed by atoms with E-state index in [0.717, 1.165) is 22.2 Å². The zero-order valence-electron chi connectivity index (χ0n) is 11.2. The molecule has 1 aromatic heterocycles. The minimum atomic E-state index is -0.236. The van der Waals surface area contributed by atoms with E-state index < -0.39 is 0 Å². The van der Waals surface area contributed by atoms with Gasteiger partial charge in [0.15, 0.2) is 0 Å². The van der Waals surface area contributed by atoms with Crippen LogP contribution in [0.1, 0.15) is 18.2 Å². The fourth-order valence-corrected chi connectivity index (χ4v) is 2.37. The van der Waals surface area contributed by atoms with Crippen LogP contribution in [0.2, 0.25) is 5.02 Å². The van der Waals surface area contributed by atoms with Crippen molar-refractivity contribution in [3.63, 3.8) is 0 Å². The number of ether oxygens (including phenoxy) is 2. The van der Waals surface area contributed by atoms with Crippen LogP contribution in [0.25, 0.3) is 10.9 Å². The summed E-state index contributed by atoms with van der Waals surface area (Å²) in [6.45, 7) is 4.10. The molecule has 2 rings (SSSR count). The van der Waals surface area contributed by atoms with Crippen LogP contribution in [0, 0.1) is 6.92 Å². The SMILES string of the molecule is CCOC(=O)Cc1c(C)[nH]c2cc(Cl)c(OC)cc12. The number of hydrogen-bond donors (Lipinski definition) is 1. The van der Waals surface area contributed by atoms with E-state index in [2.05, 4.69) is 4.98 Å². The molecule has 0 spiro atoms. The summed E-state index contributed by atoms with van der Waals surface area (Å²) in [4.78, 5) is 14.9. The quantitative estimate of drug-likeness (QED) is 0.875. The molecule has 0 aliphatic carbocycles. The highest BCUT2D eigenvalue weighted by atomic mass is 35.5. The topological polar surface area (TPSA) is 51.3 Å². The number of aromatic nitrogens is 1. The minimum Gasteiger partial charge on any atom is -0.495 e. The van der Waals surface area contributed by atoms with Crippen LogP contribution in [0.15, 0.2) is 12.1 Å². The third-order valence-corrected chi connectivity index (χ3v) is 3.31. The number of carbonyl (C=O) groups excluding carboxylic acids is 1. The van der Waals surface area contributed by atoms with Crippen LogP contribution in [0.5, 0.6) is 5.75 Å². The molecule has 5 heteroatoms. The number of aromatic amines is 1. The third kappa shape index (κ3) is 2.68. The molecule has 102 valence electrons. The van der Waals surface area contributed by atoms with Gasteiger partial charge in [0, 0.05) is 16.6 Å². The fraction of sp³-hybridized carbons (Fsp3) is 0.357. The minimum absolute atomic E-state index is 0.236. The van der Waals surface area contributed by atoms with Gasteiger partial charge in [-0.15, -0.1) is 0 Å². The van der Waals surface area contributed by atoms with E-state index in [-0.39, 0.29) is 12.4 Å². The number of methoxy groups -OCH3 is 1. The van der Waals surface area contributed by atoms with E-state index in [1.807, 2.05) is 13.0 Å². The lowest BCUT2D eigenvalue weighted by atomic mass is 10.1. The van der Waals surface area contributed by atoms with Gasteiger partial charge >= 0.3 is 5.97 Å². The second kappa shape index (κ2) is 5.53. The molecule has 0 atom stereocenters. The molecule has 0 radical (unpaired) electrons. The van der Waals surface area contributed by atoms with E-state index in [9.17, 15) is 4.79 Å². The Morgan fingerprint density at radius 2 is 2.16 bits per heavy atom. The summed E-state index contributed by atoms with van der Waals surface area (Å²) < 4.78 is 10.2. The van der Waals surface area contributed by atoms with Crippen molar-refractivity contribution in [2.75, 3.05) is 13.7 Å². The predicted octanol–water partition coefficient (Wildman–Crippen LogP) is 3.24. The van der Waals surface area contributed by atoms with Gasteiger partial charge in [0.1, 0.15) is 5.75 Å². The molecule has 1 heterocycles. The predicted molar refractivity (Wildman–Crippen MR) is 74.9 cm³/mol. The Hall–Kier alpha value is -1.68. The molecule has 0 bridgehead atoms. The summed E-state index contributed by atoms with van der Waals surface area (Å²) >= 11 is 6.08. The Kier molecular flexibility index (Phi) is 4.00. The Morgan fingerprint density at radius 3 is 2.79 bits per heavy atom. The van der Waals surface area contributed by atoms with E-state index in [4.69, 9.17) is 21.1 Å². The van der Waals surface area contributed by atoms with Crippen molar-refractivity contribution in [1.29, 1.82) is 0 Å². The van der Waals surface area contributed by atoms with Gasteiger partial charge in [-0.2, -0.15) is 0 Å². The van der Waals surface area contributed by atoms with Gasteiger partial charge in [-0.3, -0.25) is 4.79 Å². The summed E-state index contributed by atoms with van der Waals surface area (Å²) in [6, 6.07) is 3.65. The molecule has 0 aliphatic heterocycles. The molecule has 0 unspecified atom stereocenters. The van der Waals surface area contributed by atoms with E-state index in [1.54, 1.807) is 20.1 Å². The van der Waals surface area contributed by atoms with Crippen molar-refractivity contribution in [3.8, 4) is 5.75 Å². The number of halogens is 1. The Bertz CT molecular complexity index is 619. The lowest BCUT2D eigenvalue weighted by Crippen LogP contribution is -2.07. The summed E-state index contributed by atoms with van der Waals surface area (Å²) in [7, 11) is 1.57. The fourth-order valence-electron chi connectivity index (χ4n) is 2.13. The molecule has 2 aromatic rings. The van der Waals surface area contributed by atoms with Crippen LogP contribution in [0.3, 0.4) is 0 Å². The molecule has 4 nitrogen and oxygen atoms in total. The van der Waals surface area contributed by atoms with E-state index >= 15 is 0 Å². The van der Waals surface area contributed by atoms with Gasteiger partial charge in [-0.05, 0) is 31.5 Å². The highest BCUT2D eigenvalue weighted by Crippen LogP contribution is 2.33. The lowest BCUT2D eigenvalue weighted by Gasteiger charge is -2.05. The first-order valence-electron chi connectivity index (χ1n) is 6.07. The van der Waals surface area contributed by atoms with Crippen molar-refractivity contribution in [2.45, 2.75) is 20.3 Å². The second-order valence-electron chi connectivity index (χ2n) is 4.24. The Labute approximate surface area is 116 Å². The number of H-pyrrole nitrogens is 1. The lowest BCUT2D eigenvalue weighted by molar-refractivity contribution is -0.142. The largest absolute Gasteiger partial charge is 0.495 e. The number of hydrogen-bond acceptors (Lipinski definition) is 3. The molecule has 0 saturated heterocycles. The number of esters is 1. The number of nitrogens with one attached hydrogen (secondary N) is 1. The summed E-state index contributed by atoms with van der Waals surface area (Å²) in [6.07, 6.45) is 0.241. The second-order valence-corrected chi connectivity index (χ2v) is 4.65. The van der Waals surface area contributed by atoms with Crippen LogP contribution >= 0.6 is 11.6 Å². The van der Waals surface area contributed by atoms with Crippen LogP contribution < -0.4 is 4.74 Å². The van der Waals surface area contributed by atoms with E-state index in [1.165, 1.54) is 0 Å². The van der Waals surface area contributed by atoms with Crippen molar-refractivity contribution >= 4 is 28.5 Å². The first kappa shape index (κ1) is 13.7. The zero-order valence-corrected chi connectivity index (χ0v) is 11.9. The Morgan fingerprint density at radius 1 is 1.42 bits per heavy atom. The molecule has 0 amide bonds. The summed E-state index contributed by atoms with van der Waals surface area (Å²) in [5.41, 5.74) is 2.75. The molecular weight excluding hydrogens is 266 g/mol. The summed E-state index contributed by atoms with van der Waals surface area (Å²) in [5.74, 6) is 0.360. The molecule has 1 aromatic carbocycles. The molecular formula is C14H16ClNO3. The van der Waals surface area contributed by atoms with Crippen molar-refractivity contribution in [3.05, 3.63) is 28.4 Å².